The van der Waals surface area contributed by atoms with E-state index in [9.17, 15) is 19.2 Å². The molecule has 192 valence electrons. The number of carbonyl (C=O) groups excluding carboxylic acids is 3. The van der Waals surface area contributed by atoms with Crippen LogP contribution in [0.15, 0.2) is 0 Å². The Kier molecular flexibility index (Phi) is 20.3. The van der Waals surface area contributed by atoms with E-state index in [4.69, 9.17) is 10.8 Å². The molecule has 8 heteroatoms. The van der Waals surface area contributed by atoms with Crippen molar-refractivity contribution >= 4 is 23.7 Å². The van der Waals surface area contributed by atoms with E-state index in [1.54, 1.807) is 0 Å². The van der Waals surface area contributed by atoms with Gasteiger partial charge in [-0.2, -0.15) is 0 Å². The summed E-state index contributed by atoms with van der Waals surface area (Å²) in [7, 11) is 0. The third-order valence-corrected chi connectivity index (χ3v) is 5.77. The molecule has 0 rings (SSSR count). The topological polar surface area (TPSA) is 139 Å². The fraction of sp³-hybridized carbons (Fsp3) is 0.840. The van der Waals surface area contributed by atoms with Crippen LogP contribution in [0.25, 0.3) is 0 Å². The molecule has 8 nitrogen and oxygen atoms in total. The lowest BCUT2D eigenvalue weighted by molar-refractivity contribution is -0.142. The molecule has 0 heterocycles. The first-order valence-electron chi connectivity index (χ1n) is 12.9. The summed E-state index contributed by atoms with van der Waals surface area (Å²) in [6.45, 7) is 1.97. The number of amides is 3. The molecule has 0 aliphatic rings. The highest BCUT2D eigenvalue weighted by molar-refractivity contribution is 5.88. The molecule has 0 bridgehead atoms. The molecule has 0 aromatic rings. The van der Waals surface area contributed by atoms with Crippen molar-refractivity contribution < 1.29 is 24.3 Å². The van der Waals surface area contributed by atoms with Crippen LogP contribution in [0.5, 0.6) is 0 Å². The third-order valence-electron chi connectivity index (χ3n) is 5.77. The second-order valence-corrected chi connectivity index (χ2v) is 8.94. The van der Waals surface area contributed by atoms with E-state index < -0.39 is 23.8 Å². The average molecular weight is 470 g/mol. The minimum atomic E-state index is -1.24. The zero-order chi connectivity index (χ0) is 24.7. The zero-order valence-corrected chi connectivity index (χ0v) is 20.7. The molecule has 0 spiro atoms. The van der Waals surface area contributed by atoms with Crippen LogP contribution >= 0.6 is 0 Å². The average Bonchev–Trinajstić information content (AvgIpc) is 2.77. The summed E-state index contributed by atoms with van der Waals surface area (Å²) in [5.74, 6) is -2.69. The van der Waals surface area contributed by atoms with Crippen LogP contribution in [-0.2, 0) is 19.2 Å². The zero-order valence-electron chi connectivity index (χ0n) is 20.7. The number of hydrogen-bond donors (Lipinski definition) is 4. The Morgan fingerprint density at radius 2 is 1.15 bits per heavy atom. The second kappa shape index (κ2) is 21.7. The summed E-state index contributed by atoms with van der Waals surface area (Å²) >= 11 is 0. The maximum atomic E-state index is 11.8. The van der Waals surface area contributed by atoms with E-state index in [-0.39, 0.29) is 25.3 Å². The molecule has 0 unspecified atom stereocenters. The van der Waals surface area contributed by atoms with E-state index >= 15 is 0 Å². The van der Waals surface area contributed by atoms with Crippen molar-refractivity contribution in [2.24, 2.45) is 5.73 Å². The summed E-state index contributed by atoms with van der Waals surface area (Å²) < 4.78 is 0. The Bertz CT molecular complexity index is 554. The molecular weight excluding hydrogens is 422 g/mol. The van der Waals surface area contributed by atoms with Crippen molar-refractivity contribution in [3.05, 3.63) is 0 Å². The van der Waals surface area contributed by atoms with Crippen LogP contribution in [0.3, 0.4) is 0 Å². The van der Waals surface area contributed by atoms with Crippen molar-refractivity contribution in [1.82, 2.24) is 10.6 Å². The quantitative estimate of drug-likeness (QED) is 0.166. The van der Waals surface area contributed by atoms with Crippen LogP contribution < -0.4 is 16.4 Å². The molecule has 0 aromatic heterocycles. The van der Waals surface area contributed by atoms with Crippen molar-refractivity contribution in [3.63, 3.8) is 0 Å². The van der Waals surface area contributed by atoms with Gasteiger partial charge < -0.3 is 21.5 Å². The predicted octanol–water partition coefficient (Wildman–Crippen LogP) is 4.20. The lowest BCUT2D eigenvalue weighted by atomic mass is 10.0. The fourth-order valence-corrected chi connectivity index (χ4v) is 3.71. The molecule has 5 N–H and O–H groups in total. The largest absolute Gasteiger partial charge is 0.480 e. The molecule has 0 aliphatic heterocycles. The first kappa shape index (κ1) is 30.9. The summed E-state index contributed by atoms with van der Waals surface area (Å²) in [5.41, 5.74) is 5.00. The molecule has 0 saturated carbocycles. The molecule has 3 amide bonds. The molecule has 0 aliphatic carbocycles. The number of primary amides is 1. The van der Waals surface area contributed by atoms with E-state index in [0.29, 0.717) is 6.42 Å². The number of carboxylic acids is 1. The molecule has 33 heavy (non-hydrogen) atoms. The third kappa shape index (κ3) is 21.5. The Hall–Kier alpha value is -2.12. The summed E-state index contributed by atoms with van der Waals surface area (Å²) in [4.78, 5) is 45.5. The van der Waals surface area contributed by atoms with Gasteiger partial charge in [-0.3, -0.25) is 14.4 Å². The number of rotatable bonds is 23. The highest BCUT2D eigenvalue weighted by Crippen LogP contribution is 2.13. The van der Waals surface area contributed by atoms with E-state index in [0.717, 1.165) is 19.3 Å². The highest BCUT2D eigenvalue weighted by atomic mass is 16.4. The van der Waals surface area contributed by atoms with Crippen LogP contribution in [-0.4, -0.2) is 41.4 Å². The fourth-order valence-electron chi connectivity index (χ4n) is 3.71. The Morgan fingerprint density at radius 1 is 0.697 bits per heavy atom. The van der Waals surface area contributed by atoms with Gasteiger partial charge in [0.2, 0.25) is 17.7 Å². The lowest BCUT2D eigenvalue weighted by Crippen LogP contribution is -2.45. The number of nitrogens with one attached hydrogen (secondary N) is 2. The van der Waals surface area contributed by atoms with E-state index in [1.807, 2.05) is 0 Å². The standard InChI is InChI=1S/C25H47N3O5/c1-2-3-4-5-6-7-8-9-10-11-12-13-14-15-16-17-23(30)27-20-24(31)28-21(25(32)33)18-19-22(26)29/h21H,2-20H2,1H3,(H2,26,29)(H,27,30)(H,28,31)(H,32,33)/t21-/m0/s1. The number of unbranched alkanes of at least 4 members (excludes halogenated alkanes) is 14. The van der Waals surface area contributed by atoms with Crippen molar-refractivity contribution in [1.29, 1.82) is 0 Å². The van der Waals surface area contributed by atoms with Crippen LogP contribution in [0.4, 0.5) is 0 Å². The smallest absolute Gasteiger partial charge is 0.326 e. The van der Waals surface area contributed by atoms with Crippen molar-refractivity contribution in [2.45, 2.75) is 129 Å². The van der Waals surface area contributed by atoms with Gasteiger partial charge in [-0.15, -0.1) is 0 Å². The normalized spacial score (nSPS) is 11.7. The molecule has 0 aromatic carbocycles. The lowest BCUT2D eigenvalue weighted by Gasteiger charge is -2.14. The predicted molar refractivity (Wildman–Crippen MR) is 131 cm³/mol. The first-order chi connectivity index (χ1) is 15.9. The van der Waals surface area contributed by atoms with Gasteiger partial charge in [0.15, 0.2) is 0 Å². The summed E-state index contributed by atoms with van der Waals surface area (Å²) in [6.07, 6.45) is 19.0. The number of aliphatic carboxylic acids is 1. The van der Waals surface area contributed by atoms with Gasteiger partial charge in [0, 0.05) is 12.8 Å². The molecule has 1 atom stereocenters. The minimum Gasteiger partial charge on any atom is -0.480 e. The summed E-state index contributed by atoms with van der Waals surface area (Å²) in [5, 5.41) is 13.9. The van der Waals surface area contributed by atoms with Crippen molar-refractivity contribution in [3.8, 4) is 0 Å². The number of carboxylic acid groups (broad SMARTS) is 1. The number of nitrogens with two attached hydrogens (primary N) is 1. The SMILES string of the molecule is CCCCCCCCCCCCCCCCCC(=O)NCC(=O)N[C@@H](CCC(N)=O)C(=O)O. The van der Waals surface area contributed by atoms with Gasteiger partial charge in [0.25, 0.3) is 0 Å². The first-order valence-corrected chi connectivity index (χ1v) is 12.9. The molecule has 0 radical (unpaired) electrons. The Morgan fingerprint density at radius 3 is 1.58 bits per heavy atom. The molecule has 0 saturated heterocycles. The number of carbonyl (C=O) groups is 4. The maximum absolute atomic E-state index is 11.8. The van der Waals surface area contributed by atoms with Gasteiger partial charge in [-0.1, -0.05) is 96.8 Å². The van der Waals surface area contributed by atoms with Gasteiger partial charge >= 0.3 is 5.97 Å². The van der Waals surface area contributed by atoms with Gasteiger partial charge in [-0.25, -0.2) is 4.79 Å². The van der Waals surface area contributed by atoms with Crippen LogP contribution in [0.2, 0.25) is 0 Å². The Balaban J connectivity index is 3.55. The molecule has 0 fully saturated rings. The van der Waals surface area contributed by atoms with E-state index in [2.05, 4.69) is 17.6 Å². The van der Waals surface area contributed by atoms with E-state index in [1.165, 1.54) is 77.0 Å². The Labute approximate surface area is 199 Å². The van der Waals surface area contributed by atoms with Crippen molar-refractivity contribution in [2.75, 3.05) is 6.54 Å². The van der Waals surface area contributed by atoms with Gasteiger partial charge in [0.05, 0.1) is 6.54 Å². The van der Waals surface area contributed by atoms with Crippen LogP contribution in [0, 0.1) is 0 Å². The van der Waals surface area contributed by atoms with Crippen LogP contribution in [0.1, 0.15) is 122 Å². The summed E-state index contributed by atoms with van der Waals surface area (Å²) in [6, 6.07) is -1.20. The van der Waals surface area contributed by atoms with Gasteiger partial charge in [0.1, 0.15) is 6.04 Å². The minimum absolute atomic E-state index is 0.0799. The van der Waals surface area contributed by atoms with Gasteiger partial charge in [-0.05, 0) is 12.8 Å². The second-order valence-electron chi connectivity index (χ2n) is 8.94. The number of hydrogen-bond acceptors (Lipinski definition) is 4. The maximum Gasteiger partial charge on any atom is 0.326 e. The monoisotopic (exact) mass is 469 g/mol. The molecular formula is C25H47N3O5. The highest BCUT2D eigenvalue weighted by Gasteiger charge is 2.20.